The molecule has 1 aliphatic rings. The van der Waals surface area contributed by atoms with Crippen LogP contribution in [0.15, 0.2) is 59.6 Å². The number of rotatable bonds is 6. The molecule has 1 aliphatic heterocycles. The molecule has 0 bridgehead atoms. The number of piperidine rings is 1. The fourth-order valence-corrected chi connectivity index (χ4v) is 3.52. The molecule has 0 aromatic heterocycles. The molecule has 0 aliphatic carbocycles. The molecule has 0 unspecified atom stereocenters. The predicted octanol–water partition coefficient (Wildman–Crippen LogP) is 2.44. The Morgan fingerprint density at radius 3 is 2.63 bits per heavy atom. The minimum absolute atomic E-state index is 0.132. The van der Waals surface area contributed by atoms with Gasteiger partial charge in [0, 0.05) is 44.0 Å². The third-order valence-corrected chi connectivity index (χ3v) is 5.13. The number of nitrogens with zero attached hydrogens (tertiary/aromatic N) is 2. The van der Waals surface area contributed by atoms with Crippen molar-refractivity contribution in [3.63, 3.8) is 0 Å². The van der Waals surface area contributed by atoms with Gasteiger partial charge in [-0.1, -0.05) is 42.3 Å². The summed E-state index contributed by atoms with van der Waals surface area (Å²) in [6.07, 6.45) is 7.48. The van der Waals surface area contributed by atoms with E-state index >= 15 is 0 Å². The molecule has 0 saturated carbocycles. The quantitative estimate of drug-likeness (QED) is 0.394. The molecule has 1 saturated heterocycles. The number of nitrogens with one attached hydrogen (secondary N) is 3. The third-order valence-electron chi connectivity index (χ3n) is 5.13. The number of guanidine groups is 1. The molecule has 0 spiro atoms. The zero-order valence-corrected chi connectivity index (χ0v) is 17.4. The van der Waals surface area contributed by atoms with E-state index in [1.54, 1.807) is 13.1 Å². The van der Waals surface area contributed by atoms with E-state index in [9.17, 15) is 4.79 Å². The van der Waals surface area contributed by atoms with Crippen LogP contribution in [-0.2, 0) is 11.3 Å². The van der Waals surface area contributed by atoms with Crippen LogP contribution in [-0.4, -0.2) is 49.5 Å². The average Bonchev–Trinajstić information content (AvgIpc) is 2.78. The average molecular weight is 404 g/mol. The Kier molecular flexibility index (Phi) is 7.87. The van der Waals surface area contributed by atoms with Gasteiger partial charge in [0.25, 0.3) is 0 Å². The standard InChI is InChI=1S/C24H29N5O/c1-3-19-10-7-11-22(16-19)27-23(30)17-26-24(25-2)28-21-12-14-29(15-13-21)18-20-8-5-4-6-9-20/h1,4-11,16,21H,12-15,17-18H2,2H3,(H,27,30)(H2,25,26,28). The van der Waals surface area contributed by atoms with E-state index in [0.717, 1.165) is 38.0 Å². The SMILES string of the molecule is C#Cc1cccc(NC(=O)CNC(=NC)NC2CCN(Cc3ccccc3)CC2)c1. The summed E-state index contributed by atoms with van der Waals surface area (Å²) >= 11 is 0. The lowest BCUT2D eigenvalue weighted by molar-refractivity contribution is -0.115. The number of hydrogen-bond acceptors (Lipinski definition) is 3. The summed E-state index contributed by atoms with van der Waals surface area (Å²) in [7, 11) is 1.72. The summed E-state index contributed by atoms with van der Waals surface area (Å²) in [4.78, 5) is 18.9. The molecule has 3 N–H and O–H groups in total. The second-order valence-electron chi connectivity index (χ2n) is 7.38. The number of aliphatic imine (C=N–C) groups is 1. The predicted molar refractivity (Wildman–Crippen MR) is 122 cm³/mol. The Morgan fingerprint density at radius 2 is 1.93 bits per heavy atom. The van der Waals surface area contributed by atoms with Gasteiger partial charge in [-0.3, -0.25) is 14.7 Å². The molecule has 2 aromatic rings. The van der Waals surface area contributed by atoms with E-state index in [0.29, 0.717) is 17.7 Å². The Morgan fingerprint density at radius 1 is 1.17 bits per heavy atom. The summed E-state index contributed by atoms with van der Waals surface area (Å²) in [6, 6.07) is 18.1. The molecule has 6 nitrogen and oxygen atoms in total. The molecule has 30 heavy (non-hydrogen) atoms. The van der Waals surface area contributed by atoms with Gasteiger partial charge in [0.15, 0.2) is 5.96 Å². The molecular weight excluding hydrogens is 374 g/mol. The van der Waals surface area contributed by atoms with Gasteiger partial charge in [-0.2, -0.15) is 0 Å². The highest BCUT2D eigenvalue weighted by molar-refractivity contribution is 5.95. The van der Waals surface area contributed by atoms with Gasteiger partial charge in [-0.25, -0.2) is 0 Å². The number of carbonyl (C=O) groups is 1. The molecule has 3 rings (SSSR count). The number of likely N-dealkylation sites (tertiary alicyclic amines) is 1. The van der Waals surface area contributed by atoms with Crippen molar-refractivity contribution < 1.29 is 4.79 Å². The summed E-state index contributed by atoms with van der Waals surface area (Å²) in [5.74, 6) is 3.06. The largest absolute Gasteiger partial charge is 0.354 e. The zero-order valence-electron chi connectivity index (χ0n) is 17.4. The topological polar surface area (TPSA) is 68.8 Å². The fourth-order valence-electron chi connectivity index (χ4n) is 3.52. The first-order valence-corrected chi connectivity index (χ1v) is 10.3. The van der Waals surface area contributed by atoms with E-state index in [1.807, 2.05) is 24.3 Å². The minimum Gasteiger partial charge on any atom is -0.354 e. The van der Waals surface area contributed by atoms with Gasteiger partial charge < -0.3 is 16.0 Å². The van der Waals surface area contributed by atoms with Crippen molar-refractivity contribution in [2.24, 2.45) is 4.99 Å². The Labute approximate surface area is 178 Å². The molecular formula is C24H29N5O. The van der Waals surface area contributed by atoms with Crippen LogP contribution in [0.1, 0.15) is 24.0 Å². The van der Waals surface area contributed by atoms with Crippen LogP contribution >= 0.6 is 0 Å². The lowest BCUT2D eigenvalue weighted by atomic mass is 10.0. The van der Waals surface area contributed by atoms with Crippen LogP contribution in [0, 0.1) is 12.3 Å². The molecule has 1 amide bonds. The van der Waals surface area contributed by atoms with Gasteiger partial charge in [0.2, 0.25) is 5.91 Å². The summed E-state index contributed by atoms with van der Waals surface area (Å²) < 4.78 is 0. The van der Waals surface area contributed by atoms with E-state index < -0.39 is 0 Å². The number of benzene rings is 2. The molecule has 156 valence electrons. The van der Waals surface area contributed by atoms with Crippen LogP contribution in [0.2, 0.25) is 0 Å². The monoisotopic (exact) mass is 403 g/mol. The maximum atomic E-state index is 12.2. The van der Waals surface area contributed by atoms with E-state index in [4.69, 9.17) is 6.42 Å². The summed E-state index contributed by atoms with van der Waals surface area (Å²) in [6.45, 7) is 3.19. The van der Waals surface area contributed by atoms with Crippen molar-refractivity contribution in [1.82, 2.24) is 15.5 Å². The van der Waals surface area contributed by atoms with Crippen molar-refractivity contribution in [3.05, 3.63) is 65.7 Å². The maximum Gasteiger partial charge on any atom is 0.243 e. The number of hydrogen-bond donors (Lipinski definition) is 3. The van der Waals surface area contributed by atoms with Crippen molar-refractivity contribution >= 4 is 17.6 Å². The van der Waals surface area contributed by atoms with E-state index in [-0.39, 0.29) is 12.5 Å². The van der Waals surface area contributed by atoms with Crippen molar-refractivity contribution in [3.8, 4) is 12.3 Å². The highest BCUT2D eigenvalue weighted by atomic mass is 16.1. The van der Waals surface area contributed by atoms with Gasteiger partial charge >= 0.3 is 0 Å². The molecule has 1 heterocycles. The van der Waals surface area contributed by atoms with Crippen LogP contribution in [0.4, 0.5) is 5.69 Å². The molecule has 0 atom stereocenters. The van der Waals surface area contributed by atoms with Gasteiger partial charge in [0.1, 0.15) is 0 Å². The van der Waals surface area contributed by atoms with Crippen LogP contribution in [0.5, 0.6) is 0 Å². The van der Waals surface area contributed by atoms with Crippen LogP contribution in [0.25, 0.3) is 0 Å². The second kappa shape index (κ2) is 11.0. The lowest BCUT2D eigenvalue weighted by Crippen LogP contribution is -2.49. The highest BCUT2D eigenvalue weighted by Gasteiger charge is 2.20. The summed E-state index contributed by atoms with van der Waals surface area (Å²) in [5, 5.41) is 9.36. The summed E-state index contributed by atoms with van der Waals surface area (Å²) in [5.41, 5.74) is 2.77. The third kappa shape index (κ3) is 6.64. The van der Waals surface area contributed by atoms with Gasteiger partial charge in [-0.05, 0) is 36.6 Å². The molecule has 6 heteroatoms. The van der Waals surface area contributed by atoms with Crippen molar-refractivity contribution in [1.29, 1.82) is 0 Å². The number of anilines is 1. The first-order valence-electron chi connectivity index (χ1n) is 10.3. The highest BCUT2D eigenvalue weighted by Crippen LogP contribution is 2.14. The molecule has 2 aromatic carbocycles. The van der Waals surface area contributed by atoms with E-state index in [1.165, 1.54) is 5.56 Å². The van der Waals surface area contributed by atoms with Crippen LogP contribution < -0.4 is 16.0 Å². The van der Waals surface area contributed by atoms with Gasteiger partial charge in [0.05, 0.1) is 6.54 Å². The second-order valence-corrected chi connectivity index (χ2v) is 7.38. The lowest BCUT2D eigenvalue weighted by Gasteiger charge is -2.33. The first-order chi connectivity index (χ1) is 14.7. The van der Waals surface area contributed by atoms with Crippen molar-refractivity contribution in [2.75, 3.05) is 32.0 Å². The number of carbonyl (C=O) groups excluding carboxylic acids is 1. The van der Waals surface area contributed by atoms with Gasteiger partial charge in [-0.15, -0.1) is 6.42 Å². The van der Waals surface area contributed by atoms with E-state index in [2.05, 4.69) is 56.0 Å². The zero-order chi connectivity index (χ0) is 21.2. The first kappa shape index (κ1) is 21.4. The number of terminal acetylenes is 1. The Balaban J connectivity index is 1.39. The normalized spacial score (nSPS) is 15.3. The Hall–Kier alpha value is -3.30. The van der Waals surface area contributed by atoms with Crippen LogP contribution in [0.3, 0.4) is 0 Å². The smallest absolute Gasteiger partial charge is 0.243 e. The number of amides is 1. The van der Waals surface area contributed by atoms with Crippen molar-refractivity contribution in [2.45, 2.75) is 25.4 Å². The molecule has 1 fully saturated rings. The Bertz CT molecular complexity index is 895. The minimum atomic E-state index is -0.148. The maximum absolute atomic E-state index is 12.2. The fraction of sp³-hybridized carbons (Fsp3) is 0.333. The molecule has 0 radical (unpaired) electrons.